The van der Waals surface area contributed by atoms with Gasteiger partial charge in [-0.15, -0.1) is 0 Å². The van der Waals surface area contributed by atoms with Crippen LogP contribution < -0.4 is 15.4 Å². The second-order valence-electron chi connectivity index (χ2n) is 13.0. The van der Waals surface area contributed by atoms with Crippen molar-refractivity contribution in [3.63, 3.8) is 0 Å². The average Bonchev–Trinajstić information content (AvgIpc) is 2.99. The van der Waals surface area contributed by atoms with Crippen LogP contribution in [-0.2, 0) is 4.74 Å². The summed E-state index contributed by atoms with van der Waals surface area (Å²) in [6, 6.07) is 6.57. The van der Waals surface area contributed by atoms with E-state index in [4.69, 9.17) is 4.74 Å². The first-order valence-corrected chi connectivity index (χ1v) is 16.1. The van der Waals surface area contributed by atoms with Gasteiger partial charge in [-0.05, 0) is 68.1 Å². The molecule has 8 atom stereocenters. The lowest BCUT2D eigenvalue weighted by atomic mass is 9.87. The Morgan fingerprint density at radius 3 is 2.52 bits per heavy atom. The molecule has 0 spiro atoms. The molecule has 3 heterocycles. The standard InChI is InChI=1S/C30H48F3N5OS/c1-19(2)11-23-15-37(18-30(31,32)33)16-24-17-38(23)14-22-9-6-10-25(12-22)40-36-29-34-26(13-27(35-29)39-24)28-20(3)7-5-8-21(28)4/h5,7-8,19,22-27,29,34-36H,6,9-18H2,1-4H3/t22?,23-,24-,25?,26?,27?,29?/m1/s1. The number of nitrogens with one attached hydrogen (secondary N) is 3. The van der Waals surface area contributed by atoms with Crippen LogP contribution in [0.4, 0.5) is 13.2 Å². The summed E-state index contributed by atoms with van der Waals surface area (Å²) < 4.78 is 51.6. The summed E-state index contributed by atoms with van der Waals surface area (Å²) in [5.41, 5.74) is 3.77. The number of hydrogen-bond acceptors (Lipinski definition) is 7. The van der Waals surface area contributed by atoms with E-state index >= 15 is 0 Å². The molecule has 226 valence electrons. The number of benzene rings is 1. The Morgan fingerprint density at radius 2 is 1.80 bits per heavy atom. The molecule has 0 aromatic heterocycles. The van der Waals surface area contributed by atoms with Gasteiger partial charge in [0.25, 0.3) is 0 Å². The molecular weight excluding hydrogens is 535 g/mol. The molecule has 1 aliphatic carbocycles. The molecule has 0 amide bonds. The van der Waals surface area contributed by atoms with Crippen LogP contribution in [0.5, 0.6) is 0 Å². The van der Waals surface area contributed by atoms with Gasteiger partial charge in [0.1, 0.15) is 12.5 Å². The van der Waals surface area contributed by atoms with Crippen LogP contribution >= 0.6 is 11.9 Å². The normalized spacial score (nSPS) is 36.3. The van der Waals surface area contributed by atoms with Crippen molar-refractivity contribution >= 4 is 11.9 Å². The predicted molar refractivity (Wildman–Crippen MR) is 156 cm³/mol. The van der Waals surface area contributed by atoms with Crippen molar-refractivity contribution in [2.75, 3.05) is 32.7 Å². The van der Waals surface area contributed by atoms with Crippen molar-refractivity contribution in [1.82, 2.24) is 25.2 Å². The van der Waals surface area contributed by atoms with E-state index < -0.39 is 12.7 Å². The fourth-order valence-corrected chi connectivity index (χ4v) is 8.59. The highest BCUT2D eigenvalue weighted by atomic mass is 32.2. The molecule has 6 bridgehead atoms. The van der Waals surface area contributed by atoms with Crippen molar-refractivity contribution < 1.29 is 17.9 Å². The van der Waals surface area contributed by atoms with Crippen molar-refractivity contribution in [2.24, 2.45) is 11.8 Å². The number of hydrogen-bond donors (Lipinski definition) is 3. The Kier molecular flexibility index (Phi) is 10.1. The average molecular weight is 584 g/mol. The molecular formula is C30H48F3N5OS. The Balaban J connectivity index is 1.45. The number of aryl methyl sites for hydroxylation is 2. The fourth-order valence-electron chi connectivity index (χ4n) is 7.47. The van der Waals surface area contributed by atoms with E-state index in [1.807, 2.05) is 11.9 Å². The first-order chi connectivity index (χ1) is 19.0. The molecule has 3 aliphatic heterocycles. The molecule has 6 unspecified atom stereocenters. The molecule has 3 saturated heterocycles. The summed E-state index contributed by atoms with van der Waals surface area (Å²) in [6.45, 7) is 10.1. The molecule has 5 rings (SSSR count). The van der Waals surface area contributed by atoms with Crippen LogP contribution in [0.2, 0.25) is 0 Å². The summed E-state index contributed by atoms with van der Waals surface area (Å²) >= 11 is 1.84. The molecule has 1 aromatic carbocycles. The molecule has 6 nitrogen and oxygen atoms in total. The second-order valence-corrected chi connectivity index (χ2v) is 14.2. The van der Waals surface area contributed by atoms with Crippen LogP contribution in [-0.4, -0.2) is 78.6 Å². The first-order valence-electron chi connectivity index (χ1n) is 15.2. The zero-order valence-electron chi connectivity index (χ0n) is 24.5. The quantitative estimate of drug-likeness (QED) is 0.415. The van der Waals surface area contributed by atoms with E-state index in [0.29, 0.717) is 43.1 Å². The largest absolute Gasteiger partial charge is 0.401 e. The molecule has 0 radical (unpaired) electrons. The second kappa shape index (κ2) is 13.2. The Hall–Kier alpha value is -0.880. The fraction of sp³-hybridized carbons (Fsp3) is 0.800. The van der Waals surface area contributed by atoms with Crippen LogP contribution in [0.25, 0.3) is 0 Å². The first kappa shape index (κ1) is 30.6. The van der Waals surface area contributed by atoms with Crippen molar-refractivity contribution in [1.29, 1.82) is 0 Å². The Morgan fingerprint density at radius 1 is 1.02 bits per heavy atom. The maximum atomic E-state index is 13.7. The molecule has 3 N–H and O–H groups in total. The maximum Gasteiger partial charge on any atom is 0.401 e. The van der Waals surface area contributed by atoms with Gasteiger partial charge < -0.3 is 4.74 Å². The van der Waals surface area contributed by atoms with Gasteiger partial charge in [0.2, 0.25) is 0 Å². The molecule has 1 saturated carbocycles. The monoisotopic (exact) mass is 583 g/mol. The number of ether oxygens (including phenoxy) is 1. The topological polar surface area (TPSA) is 51.8 Å². The van der Waals surface area contributed by atoms with Crippen molar-refractivity contribution in [3.8, 4) is 0 Å². The van der Waals surface area contributed by atoms with Gasteiger partial charge in [-0.3, -0.25) is 20.4 Å². The molecule has 4 aliphatic rings. The third kappa shape index (κ3) is 8.14. The number of rotatable bonds is 4. The summed E-state index contributed by atoms with van der Waals surface area (Å²) in [4.78, 5) is 4.12. The minimum Gasteiger partial charge on any atom is -0.357 e. The van der Waals surface area contributed by atoms with Gasteiger partial charge in [0, 0.05) is 49.9 Å². The zero-order valence-corrected chi connectivity index (χ0v) is 25.3. The van der Waals surface area contributed by atoms with Crippen LogP contribution in [0.3, 0.4) is 0 Å². The number of halogens is 3. The Labute approximate surface area is 242 Å². The van der Waals surface area contributed by atoms with E-state index in [9.17, 15) is 13.2 Å². The van der Waals surface area contributed by atoms with Crippen LogP contribution in [0, 0.1) is 25.7 Å². The lowest BCUT2D eigenvalue weighted by Crippen LogP contribution is -2.62. The Bertz CT molecular complexity index is 961. The van der Waals surface area contributed by atoms with E-state index in [-0.39, 0.29) is 30.7 Å². The van der Waals surface area contributed by atoms with Crippen molar-refractivity contribution in [2.45, 2.75) is 108 Å². The van der Waals surface area contributed by atoms with Crippen LogP contribution in [0.1, 0.15) is 75.1 Å². The predicted octanol–water partition coefficient (Wildman–Crippen LogP) is 5.33. The number of nitrogens with zero attached hydrogens (tertiary/aromatic N) is 2. The highest BCUT2D eigenvalue weighted by molar-refractivity contribution is 7.98. The highest BCUT2D eigenvalue weighted by Gasteiger charge is 2.40. The van der Waals surface area contributed by atoms with E-state index in [2.05, 4.69) is 66.1 Å². The van der Waals surface area contributed by atoms with Gasteiger partial charge in [0.05, 0.1) is 12.6 Å². The molecule has 10 heteroatoms. The summed E-state index contributed by atoms with van der Waals surface area (Å²) in [5, 5.41) is 7.90. The van der Waals surface area contributed by atoms with Gasteiger partial charge in [-0.2, -0.15) is 13.2 Å². The van der Waals surface area contributed by atoms with Gasteiger partial charge in [0.15, 0.2) is 0 Å². The number of fused-ring (bicyclic) bond motifs is 6. The summed E-state index contributed by atoms with van der Waals surface area (Å²) in [7, 11) is 0. The van der Waals surface area contributed by atoms with E-state index in [1.165, 1.54) is 36.0 Å². The number of alkyl halides is 3. The lowest BCUT2D eigenvalue weighted by Gasteiger charge is -2.40. The minimum atomic E-state index is -4.23. The third-order valence-corrected chi connectivity index (χ3v) is 10.2. The smallest absolute Gasteiger partial charge is 0.357 e. The van der Waals surface area contributed by atoms with E-state index in [1.54, 1.807) is 4.90 Å². The van der Waals surface area contributed by atoms with Gasteiger partial charge in [-0.1, -0.05) is 50.4 Å². The van der Waals surface area contributed by atoms with Gasteiger partial charge >= 0.3 is 6.18 Å². The highest BCUT2D eigenvalue weighted by Crippen LogP contribution is 2.35. The maximum absolute atomic E-state index is 13.7. The SMILES string of the molecule is Cc1cccc(C)c1C1CC2NC(NSC3CCCC(C3)CN3C[C@@H](CN(CC(F)(F)F)C[C@H]3CC(C)C)O2)N1. The summed E-state index contributed by atoms with van der Waals surface area (Å²) in [6.07, 6.45) is 1.37. The minimum absolute atomic E-state index is 0.0802. The van der Waals surface area contributed by atoms with Crippen LogP contribution in [0.15, 0.2) is 18.2 Å². The summed E-state index contributed by atoms with van der Waals surface area (Å²) in [5.74, 6) is 0.976. The van der Waals surface area contributed by atoms with Gasteiger partial charge in [-0.25, -0.2) is 4.72 Å². The third-order valence-electron chi connectivity index (χ3n) is 9.03. The molecule has 1 aromatic rings. The molecule has 40 heavy (non-hydrogen) atoms. The lowest BCUT2D eigenvalue weighted by molar-refractivity contribution is -0.151. The van der Waals surface area contributed by atoms with E-state index in [0.717, 1.165) is 19.4 Å². The molecule has 4 fully saturated rings. The van der Waals surface area contributed by atoms with Crippen molar-refractivity contribution in [3.05, 3.63) is 34.9 Å². The zero-order chi connectivity index (χ0) is 28.4.